The van der Waals surface area contributed by atoms with E-state index < -0.39 is 70.7 Å². The van der Waals surface area contributed by atoms with Gasteiger partial charge in [-0.1, -0.05) is 24.8 Å². The molecular weight excluding hydrogens is 614 g/mol. The normalized spacial score (nSPS) is 22.5. The van der Waals surface area contributed by atoms with E-state index in [1.165, 1.54) is 42.0 Å². The topological polar surface area (TPSA) is 227 Å². The van der Waals surface area contributed by atoms with Crippen LogP contribution in [0.1, 0.15) is 24.8 Å². The first kappa shape index (κ1) is 31.0. The van der Waals surface area contributed by atoms with Gasteiger partial charge in [-0.05, 0) is 16.7 Å². The van der Waals surface area contributed by atoms with Crippen molar-refractivity contribution >= 4 is 70.7 Å². The molecular formula is C22H27N9O8S3. The number of H-pyrrole nitrogens is 1. The number of hydrogen-bond acceptors (Lipinski definition) is 14. The number of β-lactam (4-membered cyclic amide) rings is 1. The van der Waals surface area contributed by atoms with Crippen molar-refractivity contribution in [2.24, 2.45) is 5.41 Å². The zero-order valence-corrected chi connectivity index (χ0v) is 24.9. The lowest BCUT2D eigenvalue weighted by atomic mass is 9.84. The number of aromatic nitrogens is 4. The van der Waals surface area contributed by atoms with Gasteiger partial charge in [0, 0.05) is 36.4 Å². The van der Waals surface area contributed by atoms with Gasteiger partial charge in [0.05, 0.1) is 0 Å². The van der Waals surface area contributed by atoms with Gasteiger partial charge in [0.2, 0.25) is 23.8 Å². The highest BCUT2D eigenvalue weighted by atomic mass is 32.2. The van der Waals surface area contributed by atoms with Crippen LogP contribution in [-0.2, 0) is 28.7 Å². The van der Waals surface area contributed by atoms with Crippen molar-refractivity contribution in [3.63, 3.8) is 0 Å². The molecule has 2 aromatic rings. The van der Waals surface area contributed by atoms with Crippen LogP contribution in [0.25, 0.3) is 0 Å². The minimum atomic E-state index is -1.24. The van der Waals surface area contributed by atoms with Crippen LogP contribution >= 0.6 is 34.9 Å². The van der Waals surface area contributed by atoms with Gasteiger partial charge in [-0.25, -0.2) is 9.59 Å². The third kappa shape index (κ3) is 6.76. The molecule has 5 N–H and O–H groups in total. The molecule has 4 rings (SSSR count). The molecule has 2 fully saturated rings. The van der Waals surface area contributed by atoms with Gasteiger partial charge in [0.15, 0.2) is 0 Å². The zero-order chi connectivity index (χ0) is 30.4. The SMILES string of the molecule is CNC(=O)NC(=O)NC(C(=O)NC1C(=O)N2CC(C(=O)OCOC(C)=O)(C(C)Sc3nn[nH]n3)CS[C@H]12)c1cccs1. The highest BCUT2D eigenvalue weighted by Gasteiger charge is 2.60. The summed E-state index contributed by atoms with van der Waals surface area (Å²) in [6.45, 7) is 2.32. The van der Waals surface area contributed by atoms with Crippen LogP contribution in [0, 0.1) is 5.41 Å². The van der Waals surface area contributed by atoms with Crippen LogP contribution in [0.15, 0.2) is 22.7 Å². The summed E-state index contributed by atoms with van der Waals surface area (Å²) in [6.07, 6.45) is 0. The number of imide groups is 1. The molecule has 4 unspecified atom stereocenters. The summed E-state index contributed by atoms with van der Waals surface area (Å²) < 4.78 is 10.0. The predicted molar refractivity (Wildman–Crippen MR) is 148 cm³/mol. The smallest absolute Gasteiger partial charge is 0.323 e. The van der Waals surface area contributed by atoms with Gasteiger partial charge < -0.3 is 30.3 Å². The van der Waals surface area contributed by atoms with Crippen LogP contribution in [0.3, 0.4) is 0 Å². The number of rotatable bonds is 10. The lowest BCUT2D eigenvalue weighted by molar-refractivity contribution is -0.176. The Balaban J connectivity index is 1.46. The van der Waals surface area contributed by atoms with Crippen LogP contribution in [0.4, 0.5) is 9.59 Å². The second-order valence-corrected chi connectivity index (χ2v) is 12.5. The molecule has 0 aliphatic carbocycles. The van der Waals surface area contributed by atoms with E-state index in [9.17, 15) is 28.8 Å². The molecule has 2 aliphatic rings. The van der Waals surface area contributed by atoms with Crippen molar-refractivity contribution in [1.82, 2.24) is 46.8 Å². The number of esters is 2. The molecule has 0 spiro atoms. The number of carbonyl (C=O) groups is 6. The fourth-order valence-electron chi connectivity index (χ4n) is 4.20. The number of nitrogens with zero attached hydrogens (tertiary/aromatic N) is 4. The number of tetrazole rings is 1. The molecule has 0 bridgehead atoms. The molecule has 17 nitrogen and oxygen atoms in total. The Hall–Kier alpha value is -3.91. The predicted octanol–water partition coefficient (Wildman–Crippen LogP) is -0.428. The molecule has 4 heterocycles. The largest absolute Gasteiger partial charge is 0.428 e. The second kappa shape index (κ2) is 13.4. The summed E-state index contributed by atoms with van der Waals surface area (Å²) in [6, 6.07) is -0.433. The highest BCUT2D eigenvalue weighted by Crippen LogP contribution is 2.48. The summed E-state index contributed by atoms with van der Waals surface area (Å²) in [7, 11) is 1.33. The standard InChI is InChI=1S/C22H27N9O8S3/c1-10(42-21-27-29-30-28-21)22(18(35)39-9-38-11(2)32)7-31-16(34)14(17(31)41-8-22)24-15(33)13(12-5-4-6-40-12)25-20(37)26-19(36)23-3/h4-6,10,13-14,17H,7-9H2,1-3H3,(H,24,33)(H,27,28,29,30)(H3,23,25,26,36,37)/t10?,13?,14?,17-,22?/m1/s1. The van der Waals surface area contributed by atoms with Crippen LogP contribution in [0.5, 0.6) is 0 Å². The van der Waals surface area contributed by atoms with Crippen molar-refractivity contribution < 1.29 is 38.2 Å². The fourth-order valence-corrected chi connectivity index (χ4v) is 7.72. The van der Waals surface area contributed by atoms with Crippen molar-refractivity contribution in [2.75, 3.05) is 26.1 Å². The summed E-state index contributed by atoms with van der Waals surface area (Å²) in [5, 5.41) is 24.1. The third-order valence-corrected chi connectivity index (χ3v) is 10.1. The van der Waals surface area contributed by atoms with E-state index in [-0.39, 0.29) is 17.5 Å². The van der Waals surface area contributed by atoms with E-state index in [1.54, 1.807) is 24.4 Å². The molecule has 20 heteroatoms. The number of thiophene rings is 1. The molecule has 42 heavy (non-hydrogen) atoms. The number of ether oxygens (including phenoxy) is 2. The van der Waals surface area contributed by atoms with E-state index in [0.29, 0.717) is 4.88 Å². The van der Waals surface area contributed by atoms with Gasteiger partial charge in [-0.2, -0.15) is 5.21 Å². The lowest BCUT2D eigenvalue weighted by Gasteiger charge is -2.55. The van der Waals surface area contributed by atoms with E-state index in [2.05, 4.69) is 36.6 Å². The third-order valence-electron chi connectivity index (χ3n) is 6.47. The number of hydrogen-bond donors (Lipinski definition) is 5. The van der Waals surface area contributed by atoms with Crippen LogP contribution < -0.4 is 21.3 Å². The number of nitrogens with one attached hydrogen (secondary N) is 5. The quantitative estimate of drug-likeness (QED) is 0.0962. The van der Waals surface area contributed by atoms with Gasteiger partial charge in [-0.15, -0.1) is 33.3 Å². The van der Waals surface area contributed by atoms with E-state index in [1.807, 2.05) is 5.32 Å². The zero-order valence-electron chi connectivity index (χ0n) is 22.4. The minimum absolute atomic E-state index is 0.0398. The van der Waals surface area contributed by atoms with Gasteiger partial charge >= 0.3 is 24.0 Å². The lowest BCUT2D eigenvalue weighted by Crippen LogP contribution is -2.75. The van der Waals surface area contributed by atoms with Crippen molar-refractivity contribution in [3.05, 3.63) is 22.4 Å². The number of carbonyl (C=O) groups excluding carboxylic acids is 6. The summed E-state index contributed by atoms with van der Waals surface area (Å²) in [4.78, 5) is 76.8. The van der Waals surface area contributed by atoms with Gasteiger partial charge in [0.1, 0.15) is 22.9 Å². The van der Waals surface area contributed by atoms with Crippen molar-refractivity contribution in [3.8, 4) is 0 Å². The Morgan fingerprint density at radius 3 is 2.69 bits per heavy atom. The first-order valence-electron chi connectivity index (χ1n) is 12.3. The Labute approximate surface area is 250 Å². The minimum Gasteiger partial charge on any atom is -0.428 e. The molecule has 2 aliphatic heterocycles. The summed E-state index contributed by atoms with van der Waals surface area (Å²) >= 11 is 3.64. The van der Waals surface area contributed by atoms with E-state index in [0.717, 1.165) is 11.8 Å². The molecule has 0 radical (unpaired) electrons. The maximum absolute atomic E-state index is 13.3. The summed E-state index contributed by atoms with van der Waals surface area (Å²) in [5.41, 5.74) is -1.24. The summed E-state index contributed by atoms with van der Waals surface area (Å²) in [5.74, 6) is -2.19. The van der Waals surface area contributed by atoms with E-state index >= 15 is 0 Å². The highest BCUT2D eigenvalue weighted by molar-refractivity contribution is 8.01. The number of aromatic amines is 1. The van der Waals surface area contributed by atoms with Crippen LogP contribution in [0.2, 0.25) is 0 Å². The van der Waals surface area contributed by atoms with E-state index in [4.69, 9.17) is 9.47 Å². The van der Waals surface area contributed by atoms with Gasteiger partial charge in [-0.3, -0.25) is 24.5 Å². The fraction of sp³-hybridized carbons (Fsp3) is 0.500. The molecule has 226 valence electrons. The monoisotopic (exact) mass is 641 g/mol. The Bertz CT molecular complexity index is 1330. The average Bonchev–Trinajstić information content (AvgIpc) is 3.68. The van der Waals surface area contributed by atoms with Crippen molar-refractivity contribution in [1.29, 1.82) is 0 Å². The Kier molecular flexibility index (Phi) is 9.89. The van der Waals surface area contributed by atoms with Crippen molar-refractivity contribution in [2.45, 2.75) is 41.7 Å². The molecule has 5 atom stereocenters. The first-order valence-corrected chi connectivity index (χ1v) is 15.1. The number of fused-ring (bicyclic) bond motifs is 1. The first-order chi connectivity index (χ1) is 20.1. The maximum atomic E-state index is 13.3. The second-order valence-electron chi connectivity index (χ2n) is 9.08. The number of urea groups is 2. The molecule has 6 amide bonds. The molecule has 0 saturated carbocycles. The molecule has 2 saturated heterocycles. The average molecular weight is 642 g/mol. The van der Waals surface area contributed by atoms with Crippen LogP contribution in [-0.4, -0.2) is 104 Å². The molecule has 0 aromatic carbocycles. The number of thioether (sulfide) groups is 2. The Morgan fingerprint density at radius 1 is 1.26 bits per heavy atom. The van der Waals surface area contributed by atoms with Gasteiger partial charge in [0.25, 0.3) is 0 Å². The maximum Gasteiger partial charge on any atom is 0.323 e. The number of amides is 6. The molecule has 2 aromatic heterocycles. The Morgan fingerprint density at radius 2 is 2.05 bits per heavy atom.